The SMILES string of the molecule is CC(C)Cn1cnc2c1c(=O)n(CC(=O)NNC(=O)c1ccco1)c(=O)n2Cc1ccccc1. The van der Waals surface area contributed by atoms with E-state index in [4.69, 9.17) is 4.42 Å². The van der Waals surface area contributed by atoms with E-state index >= 15 is 0 Å². The van der Waals surface area contributed by atoms with Gasteiger partial charge in [0.15, 0.2) is 16.9 Å². The number of aromatic nitrogens is 4. The Morgan fingerprint density at radius 1 is 1.03 bits per heavy atom. The van der Waals surface area contributed by atoms with Crippen LogP contribution < -0.4 is 22.1 Å². The highest BCUT2D eigenvalue weighted by Gasteiger charge is 2.20. The summed E-state index contributed by atoms with van der Waals surface area (Å²) in [4.78, 5) is 55.4. The fourth-order valence-corrected chi connectivity index (χ4v) is 3.60. The number of amides is 2. The molecular weight excluding hydrogens is 440 g/mol. The minimum atomic E-state index is -0.750. The summed E-state index contributed by atoms with van der Waals surface area (Å²) >= 11 is 0. The lowest BCUT2D eigenvalue weighted by Gasteiger charge is -2.13. The average Bonchev–Trinajstić information content (AvgIpc) is 3.49. The molecule has 11 nitrogen and oxygen atoms in total. The van der Waals surface area contributed by atoms with Gasteiger partial charge in [-0.05, 0) is 23.6 Å². The second kappa shape index (κ2) is 9.61. The molecular formula is C23H24N6O5. The van der Waals surface area contributed by atoms with Crippen molar-refractivity contribution in [3.05, 3.63) is 87.2 Å². The van der Waals surface area contributed by atoms with Gasteiger partial charge in [-0.1, -0.05) is 44.2 Å². The molecule has 3 aromatic heterocycles. The zero-order valence-corrected chi connectivity index (χ0v) is 18.7. The Labute approximate surface area is 193 Å². The average molecular weight is 464 g/mol. The van der Waals surface area contributed by atoms with Gasteiger partial charge in [0.2, 0.25) is 0 Å². The number of carbonyl (C=O) groups is 2. The van der Waals surface area contributed by atoms with Crippen molar-refractivity contribution in [2.24, 2.45) is 5.92 Å². The Morgan fingerprint density at radius 3 is 2.47 bits per heavy atom. The van der Waals surface area contributed by atoms with Crippen LogP contribution in [0.1, 0.15) is 30.0 Å². The maximum Gasteiger partial charge on any atom is 0.333 e. The van der Waals surface area contributed by atoms with E-state index in [0.29, 0.717) is 6.54 Å². The maximum atomic E-state index is 13.3. The van der Waals surface area contributed by atoms with E-state index in [1.54, 1.807) is 4.57 Å². The number of fused-ring (bicyclic) bond motifs is 1. The van der Waals surface area contributed by atoms with Gasteiger partial charge in [0, 0.05) is 6.54 Å². The van der Waals surface area contributed by atoms with Gasteiger partial charge >= 0.3 is 11.6 Å². The number of hydrazine groups is 1. The Morgan fingerprint density at radius 2 is 1.79 bits per heavy atom. The number of carbonyl (C=O) groups excluding carboxylic acids is 2. The molecule has 0 spiro atoms. The third-order valence-electron chi connectivity index (χ3n) is 5.09. The van der Waals surface area contributed by atoms with Crippen LogP contribution in [0.4, 0.5) is 0 Å². The first-order chi connectivity index (χ1) is 16.3. The quantitative estimate of drug-likeness (QED) is 0.394. The first-order valence-electron chi connectivity index (χ1n) is 10.7. The zero-order valence-electron chi connectivity index (χ0n) is 18.7. The van der Waals surface area contributed by atoms with Crippen LogP contribution in [0.25, 0.3) is 11.2 Å². The van der Waals surface area contributed by atoms with E-state index in [9.17, 15) is 19.2 Å². The van der Waals surface area contributed by atoms with E-state index in [-0.39, 0.29) is 29.4 Å². The zero-order chi connectivity index (χ0) is 24.2. The van der Waals surface area contributed by atoms with E-state index < -0.39 is 29.6 Å². The van der Waals surface area contributed by atoms with E-state index in [2.05, 4.69) is 15.8 Å². The third-order valence-corrected chi connectivity index (χ3v) is 5.09. The molecule has 4 aromatic rings. The van der Waals surface area contributed by atoms with Crippen molar-refractivity contribution in [2.45, 2.75) is 33.5 Å². The summed E-state index contributed by atoms with van der Waals surface area (Å²) in [5, 5.41) is 0. The van der Waals surface area contributed by atoms with Crippen LogP contribution >= 0.6 is 0 Å². The fourth-order valence-electron chi connectivity index (χ4n) is 3.60. The number of hydrogen-bond donors (Lipinski definition) is 2. The molecule has 0 saturated heterocycles. The summed E-state index contributed by atoms with van der Waals surface area (Å²) in [5.74, 6) is -1.20. The maximum absolute atomic E-state index is 13.3. The van der Waals surface area contributed by atoms with Crippen molar-refractivity contribution in [3.8, 4) is 0 Å². The molecule has 0 aliphatic rings. The van der Waals surface area contributed by atoms with Gasteiger partial charge < -0.3 is 8.98 Å². The van der Waals surface area contributed by atoms with Gasteiger partial charge in [0.25, 0.3) is 11.5 Å². The second-order valence-electron chi connectivity index (χ2n) is 8.19. The fraction of sp³-hybridized carbons (Fsp3) is 0.261. The van der Waals surface area contributed by atoms with Gasteiger partial charge in [-0.15, -0.1) is 0 Å². The van der Waals surface area contributed by atoms with Crippen LogP contribution in [0.15, 0.2) is 69.1 Å². The van der Waals surface area contributed by atoms with Crippen LogP contribution in [-0.2, 0) is 24.4 Å². The first-order valence-corrected chi connectivity index (χ1v) is 10.7. The van der Waals surface area contributed by atoms with Crippen molar-refractivity contribution in [2.75, 3.05) is 0 Å². The number of nitrogens with one attached hydrogen (secondary N) is 2. The Bertz CT molecular complexity index is 1430. The summed E-state index contributed by atoms with van der Waals surface area (Å²) in [6.45, 7) is 4.10. The lowest BCUT2D eigenvalue weighted by Crippen LogP contribution is -2.48. The third kappa shape index (κ3) is 4.68. The molecule has 0 aliphatic heterocycles. The second-order valence-corrected chi connectivity index (χ2v) is 8.19. The van der Waals surface area contributed by atoms with Gasteiger partial charge in [-0.3, -0.25) is 29.8 Å². The molecule has 1 aromatic carbocycles. The van der Waals surface area contributed by atoms with Crippen molar-refractivity contribution in [1.29, 1.82) is 0 Å². The highest BCUT2D eigenvalue weighted by Crippen LogP contribution is 2.11. The minimum Gasteiger partial charge on any atom is -0.459 e. The summed E-state index contributed by atoms with van der Waals surface area (Å²) in [5.41, 5.74) is 4.41. The van der Waals surface area contributed by atoms with Gasteiger partial charge in [-0.2, -0.15) is 0 Å². The van der Waals surface area contributed by atoms with Crippen LogP contribution in [-0.4, -0.2) is 30.5 Å². The minimum absolute atomic E-state index is 0.00157. The van der Waals surface area contributed by atoms with E-state index in [0.717, 1.165) is 10.1 Å². The highest BCUT2D eigenvalue weighted by molar-refractivity contribution is 5.92. The number of imidazole rings is 1. The molecule has 0 radical (unpaired) electrons. The van der Waals surface area contributed by atoms with Gasteiger partial charge in [-0.25, -0.2) is 14.3 Å². The molecule has 0 aliphatic carbocycles. The van der Waals surface area contributed by atoms with Crippen LogP contribution in [0.3, 0.4) is 0 Å². The predicted molar refractivity (Wildman–Crippen MR) is 123 cm³/mol. The largest absolute Gasteiger partial charge is 0.459 e. The van der Waals surface area contributed by atoms with Crippen LogP contribution in [0.2, 0.25) is 0 Å². The summed E-state index contributed by atoms with van der Waals surface area (Å²) in [7, 11) is 0. The molecule has 2 N–H and O–H groups in total. The summed E-state index contributed by atoms with van der Waals surface area (Å²) in [6, 6.07) is 12.2. The van der Waals surface area contributed by atoms with Crippen LogP contribution in [0.5, 0.6) is 0 Å². The Kier molecular flexibility index (Phi) is 6.44. The van der Waals surface area contributed by atoms with Gasteiger partial charge in [0.05, 0.1) is 19.1 Å². The molecule has 2 amide bonds. The Balaban J connectivity index is 1.70. The molecule has 0 fully saturated rings. The van der Waals surface area contributed by atoms with Crippen LogP contribution in [0, 0.1) is 5.92 Å². The molecule has 0 atom stereocenters. The number of furan rings is 1. The van der Waals surface area contributed by atoms with Crippen molar-refractivity contribution in [1.82, 2.24) is 29.5 Å². The monoisotopic (exact) mass is 464 g/mol. The predicted octanol–water partition coefficient (Wildman–Crippen LogP) is 1.12. The molecule has 3 heterocycles. The number of hydrogen-bond acceptors (Lipinski definition) is 6. The molecule has 0 saturated carbocycles. The van der Waals surface area contributed by atoms with Crippen molar-refractivity contribution < 1.29 is 14.0 Å². The Hall–Kier alpha value is -4.41. The number of nitrogens with zero attached hydrogens (tertiary/aromatic N) is 4. The topological polar surface area (TPSA) is 133 Å². The molecule has 4 rings (SSSR count). The van der Waals surface area contributed by atoms with Gasteiger partial charge in [0.1, 0.15) is 6.54 Å². The highest BCUT2D eigenvalue weighted by atomic mass is 16.3. The summed E-state index contributed by atoms with van der Waals surface area (Å²) in [6.07, 6.45) is 2.85. The van der Waals surface area contributed by atoms with E-state index in [1.165, 1.54) is 29.3 Å². The molecule has 11 heteroatoms. The molecule has 0 unspecified atom stereocenters. The smallest absolute Gasteiger partial charge is 0.333 e. The van der Waals surface area contributed by atoms with Crippen molar-refractivity contribution >= 4 is 23.0 Å². The summed E-state index contributed by atoms with van der Waals surface area (Å²) < 4.78 is 8.87. The standard InChI is InChI=1S/C23H24N6O5/c1-15(2)11-27-14-24-20-19(27)22(32)29(23(33)28(20)12-16-7-4-3-5-8-16)13-18(30)25-26-21(31)17-9-6-10-34-17/h3-10,14-15H,11-13H2,1-2H3,(H,25,30)(H,26,31). The molecule has 34 heavy (non-hydrogen) atoms. The van der Waals surface area contributed by atoms with E-state index in [1.807, 2.05) is 44.2 Å². The molecule has 0 bridgehead atoms. The number of benzene rings is 1. The van der Waals surface area contributed by atoms with Crippen molar-refractivity contribution in [3.63, 3.8) is 0 Å². The lowest BCUT2D eigenvalue weighted by molar-refractivity contribution is -0.122. The number of rotatable bonds is 7. The molecule has 176 valence electrons. The first kappa shape index (κ1) is 22.8. The normalized spacial score (nSPS) is 11.1. The lowest BCUT2D eigenvalue weighted by atomic mass is 10.2.